The normalized spacial score (nSPS) is 37.0. The van der Waals surface area contributed by atoms with Crippen LogP contribution in [0.15, 0.2) is 0 Å². The van der Waals surface area contributed by atoms with Crippen molar-refractivity contribution in [3.8, 4) is 0 Å². The fourth-order valence-electron chi connectivity index (χ4n) is 4.46. The van der Waals surface area contributed by atoms with Crippen molar-refractivity contribution in [1.29, 1.82) is 0 Å². The highest BCUT2D eigenvalue weighted by Gasteiger charge is 2.52. The van der Waals surface area contributed by atoms with Crippen LogP contribution in [-0.4, -0.2) is 23.5 Å². The molecule has 20 heavy (non-hydrogen) atoms. The molecule has 4 aliphatic rings. The molecule has 0 spiro atoms. The number of carbonyl (C=O) groups excluding carboxylic acids is 1. The summed E-state index contributed by atoms with van der Waals surface area (Å²) in [5, 5.41) is 12.6. The standard InChI is InChI=1S/C16H25NO3/c18-13(12-3-1-2-4-12)17-11-15-5-8-16(9-6-15,10-7-15)14(19)20/h12H,1-11H2,(H,17,18)(H,19,20). The Morgan fingerprint density at radius 1 is 1.00 bits per heavy atom. The molecule has 0 aromatic heterocycles. The minimum Gasteiger partial charge on any atom is -0.481 e. The molecule has 0 unspecified atom stereocenters. The van der Waals surface area contributed by atoms with Crippen LogP contribution in [0.3, 0.4) is 0 Å². The third-order valence-electron chi connectivity index (χ3n) is 6.22. The number of nitrogens with one attached hydrogen (secondary N) is 1. The van der Waals surface area contributed by atoms with Crippen molar-refractivity contribution in [3.05, 3.63) is 0 Å². The fraction of sp³-hybridized carbons (Fsp3) is 0.875. The average Bonchev–Trinajstić information content (AvgIpc) is 3.01. The van der Waals surface area contributed by atoms with Crippen LogP contribution in [0.1, 0.15) is 64.2 Å². The summed E-state index contributed by atoms with van der Waals surface area (Å²) in [5.74, 6) is -0.144. The number of aliphatic carboxylic acids is 1. The van der Waals surface area contributed by atoms with Gasteiger partial charge in [-0.25, -0.2) is 0 Å². The number of carboxylic acid groups (broad SMARTS) is 1. The van der Waals surface area contributed by atoms with Crippen molar-refractivity contribution < 1.29 is 14.7 Å². The first-order valence-electron chi connectivity index (χ1n) is 8.07. The van der Waals surface area contributed by atoms with E-state index in [0.29, 0.717) is 0 Å². The van der Waals surface area contributed by atoms with Crippen LogP contribution < -0.4 is 5.32 Å². The van der Waals surface area contributed by atoms with Crippen LogP contribution in [-0.2, 0) is 9.59 Å². The quantitative estimate of drug-likeness (QED) is 0.831. The summed E-state index contributed by atoms with van der Waals surface area (Å²) in [7, 11) is 0. The topological polar surface area (TPSA) is 66.4 Å². The Morgan fingerprint density at radius 2 is 1.55 bits per heavy atom. The molecule has 4 aliphatic carbocycles. The number of carbonyl (C=O) groups is 2. The minimum atomic E-state index is -0.610. The van der Waals surface area contributed by atoms with E-state index in [2.05, 4.69) is 5.32 Å². The molecular weight excluding hydrogens is 254 g/mol. The maximum Gasteiger partial charge on any atom is 0.309 e. The number of carboxylic acids is 1. The zero-order chi connectivity index (χ0) is 14.2. The van der Waals surface area contributed by atoms with E-state index < -0.39 is 11.4 Å². The van der Waals surface area contributed by atoms with Crippen LogP contribution in [0.4, 0.5) is 0 Å². The molecule has 1 amide bonds. The van der Waals surface area contributed by atoms with Gasteiger partial charge in [0.25, 0.3) is 0 Å². The first-order valence-corrected chi connectivity index (χ1v) is 8.07. The Hall–Kier alpha value is -1.06. The van der Waals surface area contributed by atoms with Crippen LogP contribution in [0.5, 0.6) is 0 Å². The lowest BCUT2D eigenvalue weighted by molar-refractivity contribution is -0.159. The fourth-order valence-corrected chi connectivity index (χ4v) is 4.46. The Balaban J connectivity index is 1.54. The number of hydrogen-bond acceptors (Lipinski definition) is 2. The Kier molecular flexibility index (Phi) is 3.51. The average molecular weight is 279 g/mol. The summed E-state index contributed by atoms with van der Waals surface area (Å²) in [5.41, 5.74) is -0.261. The van der Waals surface area contributed by atoms with Crippen molar-refractivity contribution in [2.24, 2.45) is 16.7 Å². The monoisotopic (exact) mass is 279 g/mol. The third-order valence-corrected chi connectivity index (χ3v) is 6.22. The maximum atomic E-state index is 12.1. The first-order chi connectivity index (χ1) is 9.55. The van der Waals surface area contributed by atoms with E-state index in [1.54, 1.807) is 0 Å². The number of rotatable bonds is 4. The highest BCUT2D eigenvalue weighted by molar-refractivity contribution is 5.79. The smallest absolute Gasteiger partial charge is 0.309 e. The second kappa shape index (κ2) is 5.05. The largest absolute Gasteiger partial charge is 0.481 e. The van der Waals surface area contributed by atoms with Gasteiger partial charge in [-0.15, -0.1) is 0 Å². The molecule has 112 valence electrons. The zero-order valence-corrected chi connectivity index (χ0v) is 12.1. The summed E-state index contributed by atoms with van der Waals surface area (Å²) in [6, 6.07) is 0. The summed E-state index contributed by atoms with van der Waals surface area (Å²) in [6.45, 7) is 0.762. The Labute approximate surface area is 120 Å². The van der Waals surface area contributed by atoms with E-state index in [0.717, 1.165) is 57.9 Å². The van der Waals surface area contributed by atoms with Crippen molar-refractivity contribution in [1.82, 2.24) is 5.32 Å². The number of amides is 1. The maximum absolute atomic E-state index is 12.1. The summed E-state index contributed by atoms with van der Waals surface area (Å²) in [6.07, 6.45) is 9.72. The highest BCUT2D eigenvalue weighted by atomic mass is 16.4. The molecule has 0 aromatic rings. The van der Waals surface area contributed by atoms with E-state index in [-0.39, 0.29) is 17.2 Å². The van der Waals surface area contributed by atoms with E-state index in [9.17, 15) is 14.7 Å². The van der Waals surface area contributed by atoms with Gasteiger partial charge in [0.1, 0.15) is 0 Å². The van der Waals surface area contributed by atoms with E-state index in [1.807, 2.05) is 0 Å². The molecule has 0 aliphatic heterocycles. The van der Waals surface area contributed by atoms with E-state index >= 15 is 0 Å². The third kappa shape index (κ3) is 2.33. The molecule has 4 fully saturated rings. The Bertz CT molecular complexity index is 387. The lowest BCUT2D eigenvalue weighted by Gasteiger charge is -2.51. The van der Waals surface area contributed by atoms with Gasteiger partial charge in [-0.05, 0) is 56.8 Å². The second-order valence-corrected chi connectivity index (χ2v) is 7.28. The molecule has 0 atom stereocenters. The van der Waals surface area contributed by atoms with Crippen LogP contribution in [0.2, 0.25) is 0 Å². The molecule has 2 N–H and O–H groups in total. The first kappa shape index (κ1) is 13.9. The number of fused-ring (bicyclic) bond motifs is 3. The van der Waals surface area contributed by atoms with E-state index in [1.165, 1.54) is 12.8 Å². The molecule has 0 aromatic carbocycles. The van der Waals surface area contributed by atoms with Crippen molar-refractivity contribution in [3.63, 3.8) is 0 Å². The molecule has 0 radical (unpaired) electrons. The molecule has 4 nitrogen and oxygen atoms in total. The lowest BCUT2D eigenvalue weighted by atomic mass is 9.53. The summed E-state index contributed by atoms with van der Waals surface area (Å²) in [4.78, 5) is 23.5. The molecule has 4 heteroatoms. The van der Waals surface area contributed by atoms with Gasteiger partial charge < -0.3 is 10.4 Å². The SMILES string of the molecule is O=C(NCC12CCC(C(=O)O)(CC1)CC2)C1CCCC1. The van der Waals surface area contributed by atoms with Crippen LogP contribution in [0.25, 0.3) is 0 Å². The molecule has 2 bridgehead atoms. The molecular formula is C16H25NO3. The zero-order valence-electron chi connectivity index (χ0n) is 12.1. The van der Waals surface area contributed by atoms with Gasteiger partial charge >= 0.3 is 5.97 Å². The lowest BCUT2D eigenvalue weighted by Crippen LogP contribution is -2.50. The van der Waals surface area contributed by atoms with Crippen molar-refractivity contribution >= 4 is 11.9 Å². The van der Waals surface area contributed by atoms with E-state index in [4.69, 9.17) is 0 Å². The van der Waals surface area contributed by atoms with Crippen molar-refractivity contribution in [2.75, 3.05) is 6.54 Å². The van der Waals surface area contributed by atoms with Crippen LogP contribution >= 0.6 is 0 Å². The Morgan fingerprint density at radius 3 is 2.05 bits per heavy atom. The van der Waals surface area contributed by atoms with Gasteiger partial charge in [-0.1, -0.05) is 12.8 Å². The predicted octanol–water partition coefficient (Wildman–Crippen LogP) is 2.72. The molecule has 4 rings (SSSR count). The van der Waals surface area contributed by atoms with Gasteiger partial charge in [0.2, 0.25) is 5.91 Å². The van der Waals surface area contributed by atoms with Gasteiger partial charge in [0.05, 0.1) is 5.41 Å². The summed E-state index contributed by atoms with van der Waals surface area (Å²) < 4.78 is 0. The van der Waals surface area contributed by atoms with Gasteiger partial charge in [-0.2, -0.15) is 0 Å². The summed E-state index contributed by atoms with van der Waals surface area (Å²) >= 11 is 0. The second-order valence-electron chi connectivity index (χ2n) is 7.28. The highest BCUT2D eigenvalue weighted by Crippen LogP contribution is 2.56. The molecule has 0 saturated heterocycles. The van der Waals surface area contributed by atoms with Crippen molar-refractivity contribution in [2.45, 2.75) is 64.2 Å². The molecule has 4 saturated carbocycles. The van der Waals surface area contributed by atoms with Gasteiger partial charge in [0.15, 0.2) is 0 Å². The van der Waals surface area contributed by atoms with Gasteiger partial charge in [-0.3, -0.25) is 9.59 Å². The number of hydrogen-bond donors (Lipinski definition) is 2. The predicted molar refractivity (Wildman–Crippen MR) is 75.2 cm³/mol. The van der Waals surface area contributed by atoms with Crippen LogP contribution in [0, 0.1) is 16.7 Å². The molecule has 0 heterocycles. The minimum absolute atomic E-state index is 0.186. The van der Waals surface area contributed by atoms with Gasteiger partial charge in [0, 0.05) is 12.5 Å².